The van der Waals surface area contributed by atoms with Crippen LogP contribution in [0.5, 0.6) is 0 Å². The smallest absolute Gasteiger partial charge is 0.254 e. The van der Waals surface area contributed by atoms with Gasteiger partial charge >= 0.3 is 0 Å². The SMILES string of the molecule is CNc1cc(C(=O)N2C(C)CCCC2C)cc(Cl)n1. The monoisotopic (exact) mass is 281 g/mol. The average molecular weight is 282 g/mol. The Balaban J connectivity index is 2.30. The number of pyridine rings is 1. The molecule has 0 bridgehead atoms. The predicted octanol–water partition coefficient (Wildman–Crippen LogP) is 3.18. The summed E-state index contributed by atoms with van der Waals surface area (Å²) in [6, 6.07) is 3.95. The van der Waals surface area contributed by atoms with Crippen molar-refractivity contribution in [1.82, 2.24) is 9.88 Å². The molecular formula is C14H20ClN3O. The molecule has 2 atom stereocenters. The number of anilines is 1. The van der Waals surface area contributed by atoms with Crippen molar-refractivity contribution in [2.24, 2.45) is 0 Å². The number of halogens is 1. The Hall–Kier alpha value is -1.29. The molecule has 2 unspecified atom stereocenters. The third kappa shape index (κ3) is 3.00. The summed E-state index contributed by atoms with van der Waals surface area (Å²) in [6.07, 6.45) is 3.31. The minimum absolute atomic E-state index is 0.0421. The van der Waals surface area contributed by atoms with Crippen molar-refractivity contribution < 1.29 is 4.79 Å². The summed E-state index contributed by atoms with van der Waals surface area (Å²) in [6.45, 7) is 4.21. The molecule has 19 heavy (non-hydrogen) atoms. The summed E-state index contributed by atoms with van der Waals surface area (Å²) in [7, 11) is 1.76. The van der Waals surface area contributed by atoms with Gasteiger partial charge in [0.2, 0.25) is 0 Å². The highest BCUT2D eigenvalue weighted by Crippen LogP contribution is 2.25. The molecule has 1 aliphatic rings. The van der Waals surface area contributed by atoms with E-state index in [9.17, 15) is 4.79 Å². The fourth-order valence-electron chi connectivity index (χ4n) is 2.72. The second kappa shape index (κ2) is 5.78. The summed E-state index contributed by atoms with van der Waals surface area (Å²) >= 11 is 5.96. The van der Waals surface area contributed by atoms with Crippen LogP contribution in [0.25, 0.3) is 0 Å². The van der Waals surface area contributed by atoms with Crippen LogP contribution in [0.4, 0.5) is 5.82 Å². The molecule has 1 amide bonds. The minimum atomic E-state index is 0.0421. The first-order valence-corrected chi connectivity index (χ1v) is 7.08. The van der Waals surface area contributed by atoms with Gasteiger partial charge in [0.1, 0.15) is 11.0 Å². The van der Waals surface area contributed by atoms with E-state index in [1.807, 2.05) is 4.90 Å². The molecule has 1 fully saturated rings. The van der Waals surface area contributed by atoms with Crippen molar-refractivity contribution in [3.8, 4) is 0 Å². The van der Waals surface area contributed by atoms with Crippen molar-refractivity contribution in [3.63, 3.8) is 0 Å². The Morgan fingerprint density at radius 2 is 2.00 bits per heavy atom. The van der Waals surface area contributed by atoms with Crippen LogP contribution in [0.2, 0.25) is 5.15 Å². The molecule has 0 radical (unpaired) electrons. The molecule has 0 saturated carbocycles. The number of hydrogen-bond donors (Lipinski definition) is 1. The molecule has 1 saturated heterocycles. The van der Waals surface area contributed by atoms with Gasteiger partial charge in [0.05, 0.1) is 0 Å². The number of nitrogens with one attached hydrogen (secondary N) is 1. The van der Waals surface area contributed by atoms with Gasteiger partial charge in [-0.15, -0.1) is 0 Å². The molecule has 0 aromatic carbocycles. The van der Waals surface area contributed by atoms with Crippen LogP contribution < -0.4 is 5.32 Å². The van der Waals surface area contributed by atoms with E-state index < -0.39 is 0 Å². The van der Waals surface area contributed by atoms with Crippen LogP contribution in [0, 0.1) is 0 Å². The first-order valence-electron chi connectivity index (χ1n) is 6.71. The van der Waals surface area contributed by atoms with Gasteiger partial charge in [-0.3, -0.25) is 4.79 Å². The average Bonchev–Trinajstić information content (AvgIpc) is 2.37. The summed E-state index contributed by atoms with van der Waals surface area (Å²) < 4.78 is 0. The van der Waals surface area contributed by atoms with Crippen molar-refractivity contribution in [3.05, 3.63) is 22.8 Å². The molecule has 5 heteroatoms. The molecule has 104 valence electrons. The van der Waals surface area contributed by atoms with Gasteiger partial charge in [0, 0.05) is 24.7 Å². The summed E-state index contributed by atoms with van der Waals surface area (Å²) in [5.74, 6) is 0.661. The third-order valence-electron chi connectivity index (χ3n) is 3.73. The number of rotatable bonds is 2. The van der Waals surface area contributed by atoms with E-state index in [1.165, 1.54) is 6.42 Å². The normalized spacial score (nSPS) is 23.3. The van der Waals surface area contributed by atoms with Gasteiger partial charge in [-0.25, -0.2) is 4.98 Å². The zero-order valence-corrected chi connectivity index (χ0v) is 12.4. The van der Waals surface area contributed by atoms with Gasteiger partial charge in [-0.05, 0) is 45.2 Å². The third-order valence-corrected chi connectivity index (χ3v) is 3.92. The largest absolute Gasteiger partial charge is 0.373 e. The Morgan fingerprint density at radius 3 is 2.58 bits per heavy atom. The zero-order chi connectivity index (χ0) is 14.0. The molecule has 1 aromatic heterocycles. The van der Waals surface area contributed by atoms with Crippen LogP contribution in [-0.4, -0.2) is 34.9 Å². The fourth-order valence-corrected chi connectivity index (χ4v) is 2.93. The molecule has 1 N–H and O–H groups in total. The topological polar surface area (TPSA) is 45.2 Å². The predicted molar refractivity (Wildman–Crippen MR) is 77.7 cm³/mol. The maximum atomic E-state index is 12.7. The first-order chi connectivity index (χ1) is 9.02. The number of piperidine rings is 1. The van der Waals surface area contributed by atoms with Crippen LogP contribution in [0.15, 0.2) is 12.1 Å². The summed E-state index contributed by atoms with van der Waals surface area (Å²) in [4.78, 5) is 18.7. The van der Waals surface area contributed by atoms with Crippen LogP contribution in [0.3, 0.4) is 0 Å². The fraction of sp³-hybridized carbons (Fsp3) is 0.571. The maximum absolute atomic E-state index is 12.7. The van der Waals surface area contributed by atoms with E-state index in [0.717, 1.165) is 12.8 Å². The molecule has 0 spiro atoms. The summed E-state index contributed by atoms with van der Waals surface area (Å²) in [5, 5.41) is 3.26. The molecule has 2 heterocycles. The minimum Gasteiger partial charge on any atom is -0.373 e. The standard InChI is InChI=1S/C14H20ClN3O/c1-9-5-4-6-10(2)18(9)14(19)11-7-12(15)17-13(8-11)16-3/h7-10H,4-6H2,1-3H3,(H,16,17). The lowest BCUT2D eigenvalue weighted by Gasteiger charge is -2.39. The van der Waals surface area contributed by atoms with E-state index in [1.54, 1.807) is 19.2 Å². The van der Waals surface area contributed by atoms with E-state index in [-0.39, 0.29) is 18.0 Å². The number of nitrogens with zero attached hydrogens (tertiary/aromatic N) is 2. The van der Waals surface area contributed by atoms with Crippen molar-refractivity contribution in [2.75, 3.05) is 12.4 Å². The molecule has 1 aromatic rings. The van der Waals surface area contributed by atoms with Crippen LogP contribution in [0.1, 0.15) is 43.5 Å². The Bertz CT molecular complexity index is 468. The molecule has 1 aliphatic heterocycles. The number of carbonyl (C=O) groups is 1. The quantitative estimate of drug-likeness (QED) is 0.847. The zero-order valence-electron chi connectivity index (χ0n) is 11.6. The molecule has 0 aliphatic carbocycles. The Labute approximate surface area is 119 Å². The van der Waals surface area contributed by atoms with E-state index >= 15 is 0 Å². The highest BCUT2D eigenvalue weighted by atomic mass is 35.5. The molecule has 2 rings (SSSR count). The molecule has 4 nitrogen and oxygen atoms in total. The number of likely N-dealkylation sites (tertiary alicyclic amines) is 1. The highest BCUT2D eigenvalue weighted by Gasteiger charge is 2.29. The lowest BCUT2D eigenvalue weighted by molar-refractivity contribution is 0.0510. The van der Waals surface area contributed by atoms with E-state index in [4.69, 9.17) is 11.6 Å². The van der Waals surface area contributed by atoms with Gasteiger partial charge in [-0.2, -0.15) is 0 Å². The van der Waals surface area contributed by atoms with E-state index in [2.05, 4.69) is 24.1 Å². The lowest BCUT2D eigenvalue weighted by atomic mass is 9.96. The lowest BCUT2D eigenvalue weighted by Crippen LogP contribution is -2.47. The number of aromatic nitrogens is 1. The van der Waals surface area contributed by atoms with E-state index in [0.29, 0.717) is 16.5 Å². The second-order valence-corrected chi connectivity index (χ2v) is 5.54. The Kier molecular flexibility index (Phi) is 4.30. The summed E-state index contributed by atoms with van der Waals surface area (Å²) in [5.41, 5.74) is 0.602. The van der Waals surface area contributed by atoms with Crippen molar-refractivity contribution in [2.45, 2.75) is 45.2 Å². The Morgan fingerprint density at radius 1 is 1.37 bits per heavy atom. The van der Waals surface area contributed by atoms with Gasteiger partial charge in [0.15, 0.2) is 0 Å². The second-order valence-electron chi connectivity index (χ2n) is 5.16. The number of hydrogen-bond acceptors (Lipinski definition) is 3. The van der Waals surface area contributed by atoms with Gasteiger partial charge in [-0.1, -0.05) is 11.6 Å². The number of amides is 1. The van der Waals surface area contributed by atoms with Gasteiger partial charge < -0.3 is 10.2 Å². The number of carbonyl (C=O) groups excluding carboxylic acids is 1. The van der Waals surface area contributed by atoms with Crippen molar-refractivity contribution >= 4 is 23.3 Å². The van der Waals surface area contributed by atoms with Crippen LogP contribution in [-0.2, 0) is 0 Å². The highest BCUT2D eigenvalue weighted by molar-refractivity contribution is 6.29. The van der Waals surface area contributed by atoms with Crippen LogP contribution >= 0.6 is 11.6 Å². The first kappa shape index (κ1) is 14.1. The van der Waals surface area contributed by atoms with Crippen molar-refractivity contribution in [1.29, 1.82) is 0 Å². The maximum Gasteiger partial charge on any atom is 0.254 e. The van der Waals surface area contributed by atoms with Gasteiger partial charge in [0.25, 0.3) is 5.91 Å². The molecular weight excluding hydrogens is 262 g/mol.